The maximum Gasteiger partial charge on any atom is 0.165 e. The van der Waals surface area contributed by atoms with Crippen molar-refractivity contribution in [2.45, 2.75) is 49.3 Å². The highest BCUT2D eigenvalue weighted by Gasteiger charge is 2.64. The monoisotopic (exact) mass is 300 g/mol. The van der Waals surface area contributed by atoms with E-state index in [1.807, 2.05) is 0 Å². The zero-order valence-corrected chi connectivity index (χ0v) is 13.3. The van der Waals surface area contributed by atoms with Crippen LogP contribution >= 0.6 is 0 Å². The van der Waals surface area contributed by atoms with E-state index < -0.39 is 0 Å². The minimum Gasteiger partial charge on any atom is -0.493 e. The Balaban J connectivity index is 1.80. The molecule has 118 valence electrons. The van der Waals surface area contributed by atoms with Gasteiger partial charge >= 0.3 is 0 Å². The number of benzene rings is 1. The van der Waals surface area contributed by atoms with Crippen molar-refractivity contribution in [1.82, 2.24) is 4.90 Å². The van der Waals surface area contributed by atoms with Crippen LogP contribution in [-0.4, -0.2) is 43.8 Å². The fraction of sp³-hybridized carbons (Fsp3) is 0.667. The molecule has 2 aliphatic carbocycles. The maximum atomic E-state index is 6.51. The van der Waals surface area contributed by atoms with Gasteiger partial charge in [-0.05, 0) is 56.8 Å². The number of hydrogen-bond acceptors (Lipinski definition) is 4. The molecule has 1 saturated heterocycles. The van der Waals surface area contributed by atoms with Gasteiger partial charge in [-0.15, -0.1) is 0 Å². The largest absolute Gasteiger partial charge is 0.493 e. The first kappa shape index (κ1) is 13.2. The van der Waals surface area contributed by atoms with E-state index in [4.69, 9.17) is 15.2 Å². The SMILES string of the molecule is COc1ccc2c3c1OC1[C@H](N)CCC4C(C2)N(C)CC[C@@]341. The molecule has 2 N–H and O–H groups in total. The van der Waals surface area contributed by atoms with Gasteiger partial charge in [-0.2, -0.15) is 0 Å². The molecule has 1 aromatic rings. The number of nitrogens with two attached hydrogens (primary N) is 1. The summed E-state index contributed by atoms with van der Waals surface area (Å²) < 4.78 is 12.1. The molecule has 5 rings (SSSR count). The van der Waals surface area contributed by atoms with Gasteiger partial charge in [0.2, 0.25) is 0 Å². The second kappa shape index (κ2) is 4.18. The van der Waals surface area contributed by atoms with Crippen LogP contribution in [0.4, 0.5) is 0 Å². The summed E-state index contributed by atoms with van der Waals surface area (Å²) in [6, 6.07) is 5.11. The van der Waals surface area contributed by atoms with Crippen molar-refractivity contribution in [3.63, 3.8) is 0 Å². The van der Waals surface area contributed by atoms with Gasteiger partial charge < -0.3 is 20.1 Å². The Kier molecular flexibility index (Phi) is 2.51. The van der Waals surface area contributed by atoms with Crippen LogP contribution in [0.1, 0.15) is 30.4 Å². The Morgan fingerprint density at radius 2 is 2.23 bits per heavy atom. The summed E-state index contributed by atoms with van der Waals surface area (Å²) in [6.45, 7) is 1.14. The minimum atomic E-state index is 0.131. The summed E-state index contributed by atoms with van der Waals surface area (Å²) in [4.78, 5) is 2.56. The molecule has 0 radical (unpaired) electrons. The molecule has 2 heterocycles. The molecule has 5 atom stereocenters. The molecule has 1 spiro atoms. The van der Waals surface area contributed by atoms with Crippen LogP contribution in [-0.2, 0) is 11.8 Å². The van der Waals surface area contributed by atoms with Crippen LogP contribution < -0.4 is 15.2 Å². The molecule has 0 amide bonds. The van der Waals surface area contributed by atoms with E-state index in [1.54, 1.807) is 7.11 Å². The highest BCUT2D eigenvalue weighted by molar-refractivity contribution is 5.61. The van der Waals surface area contributed by atoms with Crippen molar-refractivity contribution in [2.75, 3.05) is 20.7 Å². The summed E-state index contributed by atoms with van der Waals surface area (Å²) in [5, 5.41) is 0. The number of likely N-dealkylation sites (N-methyl/N-ethyl adjacent to an activating group) is 1. The van der Waals surface area contributed by atoms with Gasteiger partial charge in [0.05, 0.1) is 7.11 Å². The zero-order valence-electron chi connectivity index (χ0n) is 13.3. The van der Waals surface area contributed by atoms with E-state index in [0.29, 0.717) is 12.0 Å². The molecular weight excluding hydrogens is 276 g/mol. The van der Waals surface area contributed by atoms with Gasteiger partial charge in [-0.25, -0.2) is 0 Å². The predicted molar refractivity (Wildman–Crippen MR) is 84.5 cm³/mol. The topological polar surface area (TPSA) is 47.7 Å². The Bertz CT molecular complexity index is 646. The van der Waals surface area contributed by atoms with Crippen molar-refractivity contribution < 1.29 is 9.47 Å². The summed E-state index contributed by atoms with van der Waals surface area (Å²) in [7, 11) is 4.02. The first-order valence-electron chi connectivity index (χ1n) is 8.49. The van der Waals surface area contributed by atoms with Gasteiger partial charge in [-0.3, -0.25) is 0 Å². The number of piperidine rings is 1. The van der Waals surface area contributed by atoms with Gasteiger partial charge in [0, 0.05) is 23.1 Å². The Morgan fingerprint density at radius 3 is 3.05 bits per heavy atom. The Hall–Kier alpha value is -1.26. The van der Waals surface area contributed by atoms with Gasteiger partial charge in [-0.1, -0.05) is 6.07 Å². The molecule has 2 bridgehead atoms. The van der Waals surface area contributed by atoms with Crippen molar-refractivity contribution in [3.8, 4) is 11.5 Å². The highest BCUT2D eigenvalue weighted by Crippen LogP contribution is 2.63. The molecule has 0 aromatic heterocycles. The van der Waals surface area contributed by atoms with Crippen LogP contribution in [0.25, 0.3) is 0 Å². The molecule has 1 saturated carbocycles. The number of rotatable bonds is 1. The van der Waals surface area contributed by atoms with Gasteiger partial charge in [0.15, 0.2) is 11.5 Å². The average molecular weight is 300 g/mol. The van der Waals surface area contributed by atoms with Crippen molar-refractivity contribution in [3.05, 3.63) is 23.3 Å². The molecular formula is C18H24N2O2. The summed E-state index contributed by atoms with van der Waals surface area (Å²) >= 11 is 0. The normalized spacial score (nSPS) is 41.8. The van der Waals surface area contributed by atoms with E-state index in [9.17, 15) is 0 Å². The molecule has 3 unspecified atom stereocenters. The molecule has 2 aliphatic heterocycles. The molecule has 4 heteroatoms. The fourth-order valence-corrected chi connectivity index (χ4v) is 5.93. The third-order valence-electron chi connectivity index (χ3n) is 6.85. The smallest absolute Gasteiger partial charge is 0.165 e. The summed E-state index contributed by atoms with van der Waals surface area (Å²) in [5.74, 6) is 2.55. The quantitative estimate of drug-likeness (QED) is 0.857. The minimum absolute atomic E-state index is 0.131. The van der Waals surface area contributed by atoms with Crippen molar-refractivity contribution in [2.24, 2.45) is 11.7 Å². The number of nitrogens with zero attached hydrogens (tertiary/aromatic N) is 1. The zero-order chi connectivity index (χ0) is 15.1. The highest BCUT2D eigenvalue weighted by atomic mass is 16.5. The first-order chi connectivity index (χ1) is 10.7. The molecule has 4 nitrogen and oxygen atoms in total. The van der Waals surface area contributed by atoms with E-state index in [-0.39, 0.29) is 17.6 Å². The maximum absolute atomic E-state index is 6.51. The second-order valence-corrected chi connectivity index (χ2v) is 7.56. The molecule has 1 aromatic carbocycles. The second-order valence-electron chi connectivity index (χ2n) is 7.56. The standard InChI is InChI=1S/C18H24N2O2/c1-20-8-7-18-11-4-5-12(19)17(18)22-16-14(21-2)6-3-10(15(16)18)9-13(11)20/h3,6,11-13,17H,4-5,7-9,19H2,1-2H3/t11?,12-,13?,17?,18+/m1/s1. The Labute approximate surface area is 131 Å². The summed E-state index contributed by atoms with van der Waals surface area (Å²) in [5.41, 5.74) is 9.55. The predicted octanol–water partition coefficient (Wildman–Crippen LogP) is 1.69. The molecule has 4 aliphatic rings. The summed E-state index contributed by atoms with van der Waals surface area (Å²) in [6.07, 6.45) is 4.74. The fourth-order valence-electron chi connectivity index (χ4n) is 5.93. The van der Waals surface area contributed by atoms with Crippen molar-refractivity contribution >= 4 is 0 Å². The van der Waals surface area contributed by atoms with Crippen LogP contribution in [0.2, 0.25) is 0 Å². The van der Waals surface area contributed by atoms with Crippen molar-refractivity contribution in [1.29, 1.82) is 0 Å². The third-order valence-corrected chi connectivity index (χ3v) is 6.85. The number of likely N-dealkylation sites (tertiary alicyclic amines) is 1. The van der Waals surface area contributed by atoms with Gasteiger partial charge in [0.1, 0.15) is 6.10 Å². The average Bonchev–Trinajstić information content (AvgIpc) is 2.88. The van der Waals surface area contributed by atoms with E-state index in [0.717, 1.165) is 37.3 Å². The van der Waals surface area contributed by atoms with Crippen LogP contribution in [0.15, 0.2) is 12.1 Å². The van der Waals surface area contributed by atoms with E-state index >= 15 is 0 Å². The molecule has 22 heavy (non-hydrogen) atoms. The van der Waals surface area contributed by atoms with Crippen LogP contribution in [0.5, 0.6) is 11.5 Å². The Morgan fingerprint density at radius 1 is 1.36 bits per heavy atom. The number of hydrogen-bond donors (Lipinski definition) is 1. The first-order valence-corrected chi connectivity index (χ1v) is 8.49. The van der Waals surface area contributed by atoms with Crippen LogP contribution in [0, 0.1) is 5.92 Å². The lowest BCUT2D eigenvalue weighted by Crippen LogP contribution is -2.67. The third kappa shape index (κ3) is 1.32. The lowest BCUT2D eigenvalue weighted by atomic mass is 9.51. The lowest BCUT2D eigenvalue weighted by molar-refractivity contribution is -0.0510. The van der Waals surface area contributed by atoms with Crippen LogP contribution in [0.3, 0.4) is 0 Å². The number of methoxy groups -OCH3 is 1. The van der Waals surface area contributed by atoms with E-state index in [2.05, 4.69) is 24.1 Å². The molecule has 2 fully saturated rings. The van der Waals surface area contributed by atoms with E-state index in [1.165, 1.54) is 17.5 Å². The lowest BCUT2D eigenvalue weighted by Gasteiger charge is -2.58. The van der Waals surface area contributed by atoms with Gasteiger partial charge in [0.25, 0.3) is 0 Å². The number of ether oxygens (including phenoxy) is 2.